The molecule has 1 rings (SSSR count). The standard InChI is InChI=1S/C12H21NO/c1-12(2,14)8-5-4-6-11-7-9-13(3)10-11/h7,9-10,14H,4-6,8H2,1-3H3. The highest BCUT2D eigenvalue weighted by atomic mass is 16.3. The Morgan fingerprint density at radius 2 is 2.07 bits per heavy atom. The van der Waals surface area contributed by atoms with Gasteiger partial charge >= 0.3 is 0 Å². The van der Waals surface area contributed by atoms with Crippen LogP contribution in [-0.4, -0.2) is 15.3 Å². The Labute approximate surface area is 86.6 Å². The highest BCUT2D eigenvalue weighted by Crippen LogP contribution is 2.14. The highest BCUT2D eigenvalue weighted by molar-refractivity contribution is 5.09. The van der Waals surface area contributed by atoms with Crippen LogP contribution in [0.4, 0.5) is 0 Å². The monoisotopic (exact) mass is 195 g/mol. The van der Waals surface area contributed by atoms with Gasteiger partial charge in [-0.3, -0.25) is 0 Å². The molecular formula is C12H21NO. The van der Waals surface area contributed by atoms with E-state index in [9.17, 15) is 5.11 Å². The van der Waals surface area contributed by atoms with Crippen LogP contribution in [0.3, 0.4) is 0 Å². The SMILES string of the molecule is Cn1ccc(CCCCC(C)(C)O)c1. The summed E-state index contributed by atoms with van der Waals surface area (Å²) in [7, 11) is 2.04. The summed E-state index contributed by atoms with van der Waals surface area (Å²) in [6.07, 6.45) is 8.50. The predicted octanol–water partition coefficient (Wildman–Crippen LogP) is 2.51. The molecule has 1 aromatic rings. The van der Waals surface area contributed by atoms with Gasteiger partial charge in [-0.2, -0.15) is 0 Å². The Balaban J connectivity index is 2.16. The zero-order valence-corrected chi connectivity index (χ0v) is 9.45. The summed E-state index contributed by atoms with van der Waals surface area (Å²) >= 11 is 0. The molecule has 0 saturated carbocycles. The molecule has 1 N–H and O–H groups in total. The van der Waals surface area contributed by atoms with E-state index >= 15 is 0 Å². The molecule has 0 saturated heterocycles. The molecule has 0 amide bonds. The van der Waals surface area contributed by atoms with Crippen LogP contribution in [0.5, 0.6) is 0 Å². The average Bonchev–Trinajstić information content (AvgIpc) is 2.44. The lowest BCUT2D eigenvalue weighted by molar-refractivity contribution is 0.0682. The molecule has 0 fully saturated rings. The van der Waals surface area contributed by atoms with Crippen molar-refractivity contribution in [3.8, 4) is 0 Å². The molecule has 0 aromatic carbocycles. The van der Waals surface area contributed by atoms with Crippen LogP contribution < -0.4 is 0 Å². The normalized spacial score (nSPS) is 12.0. The van der Waals surface area contributed by atoms with Crippen LogP contribution in [0.2, 0.25) is 0 Å². The van der Waals surface area contributed by atoms with Crippen molar-refractivity contribution in [2.24, 2.45) is 7.05 Å². The number of rotatable bonds is 5. The third-order valence-corrected chi connectivity index (χ3v) is 2.40. The highest BCUT2D eigenvalue weighted by Gasteiger charge is 2.10. The molecular weight excluding hydrogens is 174 g/mol. The maximum atomic E-state index is 9.51. The molecule has 0 aliphatic carbocycles. The summed E-state index contributed by atoms with van der Waals surface area (Å²) in [5.74, 6) is 0. The van der Waals surface area contributed by atoms with E-state index < -0.39 is 5.60 Å². The second kappa shape index (κ2) is 4.65. The minimum Gasteiger partial charge on any atom is -0.390 e. The minimum absolute atomic E-state index is 0.503. The fourth-order valence-corrected chi connectivity index (χ4v) is 1.60. The fourth-order valence-electron chi connectivity index (χ4n) is 1.60. The zero-order chi connectivity index (χ0) is 10.6. The van der Waals surface area contributed by atoms with E-state index in [2.05, 4.69) is 23.0 Å². The van der Waals surface area contributed by atoms with Gasteiger partial charge in [0, 0.05) is 19.4 Å². The first-order valence-corrected chi connectivity index (χ1v) is 5.31. The summed E-state index contributed by atoms with van der Waals surface area (Å²) in [4.78, 5) is 0. The van der Waals surface area contributed by atoms with Crippen molar-refractivity contribution in [3.63, 3.8) is 0 Å². The molecule has 0 unspecified atom stereocenters. The lowest BCUT2D eigenvalue weighted by Crippen LogP contribution is -2.17. The fraction of sp³-hybridized carbons (Fsp3) is 0.667. The van der Waals surface area contributed by atoms with Gasteiger partial charge in [0.05, 0.1) is 5.60 Å². The first-order valence-electron chi connectivity index (χ1n) is 5.31. The van der Waals surface area contributed by atoms with Crippen LogP contribution in [0.15, 0.2) is 18.5 Å². The molecule has 0 radical (unpaired) electrons. The zero-order valence-electron chi connectivity index (χ0n) is 9.45. The van der Waals surface area contributed by atoms with Crippen LogP contribution in [0, 0.1) is 0 Å². The van der Waals surface area contributed by atoms with Gasteiger partial charge in [-0.05, 0) is 44.7 Å². The molecule has 0 atom stereocenters. The van der Waals surface area contributed by atoms with E-state index in [1.165, 1.54) is 5.56 Å². The van der Waals surface area contributed by atoms with Gasteiger partial charge in [0.2, 0.25) is 0 Å². The summed E-state index contributed by atoms with van der Waals surface area (Å²) < 4.78 is 2.07. The number of aliphatic hydroxyl groups is 1. The number of nitrogens with zero attached hydrogens (tertiary/aromatic N) is 1. The molecule has 0 aliphatic heterocycles. The van der Waals surface area contributed by atoms with Crippen LogP contribution in [0.25, 0.3) is 0 Å². The van der Waals surface area contributed by atoms with Crippen molar-refractivity contribution in [1.29, 1.82) is 0 Å². The van der Waals surface area contributed by atoms with Crippen molar-refractivity contribution >= 4 is 0 Å². The molecule has 2 nitrogen and oxygen atoms in total. The van der Waals surface area contributed by atoms with Crippen molar-refractivity contribution < 1.29 is 5.11 Å². The van der Waals surface area contributed by atoms with E-state index in [4.69, 9.17) is 0 Å². The van der Waals surface area contributed by atoms with E-state index in [-0.39, 0.29) is 0 Å². The van der Waals surface area contributed by atoms with E-state index in [0.717, 1.165) is 25.7 Å². The smallest absolute Gasteiger partial charge is 0.0591 e. The molecule has 0 bridgehead atoms. The van der Waals surface area contributed by atoms with Gasteiger partial charge in [-0.1, -0.05) is 6.42 Å². The Morgan fingerprint density at radius 3 is 2.57 bits per heavy atom. The molecule has 0 aliphatic rings. The Bertz CT molecular complexity index is 270. The number of hydrogen-bond donors (Lipinski definition) is 1. The van der Waals surface area contributed by atoms with Crippen molar-refractivity contribution in [1.82, 2.24) is 4.57 Å². The lowest BCUT2D eigenvalue weighted by Gasteiger charge is -2.16. The number of aromatic nitrogens is 1. The first kappa shape index (κ1) is 11.3. The topological polar surface area (TPSA) is 25.2 Å². The number of aryl methyl sites for hydroxylation is 2. The summed E-state index contributed by atoms with van der Waals surface area (Å²) in [5, 5.41) is 9.51. The molecule has 2 heteroatoms. The predicted molar refractivity (Wildman–Crippen MR) is 59.3 cm³/mol. The van der Waals surface area contributed by atoms with Crippen molar-refractivity contribution in [2.45, 2.75) is 45.1 Å². The molecule has 1 heterocycles. The van der Waals surface area contributed by atoms with Crippen LogP contribution in [-0.2, 0) is 13.5 Å². The van der Waals surface area contributed by atoms with Gasteiger partial charge in [0.25, 0.3) is 0 Å². The van der Waals surface area contributed by atoms with Crippen LogP contribution in [0.1, 0.15) is 38.7 Å². The van der Waals surface area contributed by atoms with E-state index in [1.807, 2.05) is 20.9 Å². The van der Waals surface area contributed by atoms with Gasteiger partial charge in [0.1, 0.15) is 0 Å². The van der Waals surface area contributed by atoms with E-state index in [0.29, 0.717) is 0 Å². The minimum atomic E-state index is -0.503. The summed E-state index contributed by atoms with van der Waals surface area (Å²) in [5.41, 5.74) is 0.889. The van der Waals surface area contributed by atoms with Crippen LogP contribution >= 0.6 is 0 Å². The van der Waals surface area contributed by atoms with Crippen molar-refractivity contribution in [3.05, 3.63) is 24.0 Å². The third-order valence-electron chi connectivity index (χ3n) is 2.40. The number of hydrogen-bond acceptors (Lipinski definition) is 1. The Kier molecular flexibility index (Phi) is 3.76. The lowest BCUT2D eigenvalue weighted by atomic mass is 10.00. The third kappa shape index (κ3) is 4.47. The van der Waals surface area contributed by atoms with Gasteiger partial charge in [-0.25, -0.2) is 0 Å². The summed E-state index contributed by atoms with van der Waals surface area (Å²) in [6, 6.07) is 2.16. The van der Waals surface area contributed by atoms with Crippen molar-refractivity contribution in [2.75, 3.05) is 0 Å². The Hall–Kier alpha value is -0.760. The number of unbranched alkanes of at least 4 members (excludes halogenated alkanes) is 1. The molecule has 0 spiro atoms. The second-order valence-electron chi connectivity index (χ2n) is 4.70. The van der Waals surface area contributed by atoms with Gasteiger partial charge < -0.3 is 9.67 Å². The maximum Gasteiger partial charge on any atom is 0.0591 e. The second-order valence-corrected chi connectivity index (χ2v) is 4.70. The molecule has 80 valence electrons. The van der Waals surface area contributed by atoms with E-state index in [1.54, 1.807) is 0 Å². The Morgan fingerprint density at radius 1 is 1.36 bits per heavy atom. The molecule has 14 heavy (non-hydrogen) atoms. The van der Waals surface area contributed by atoms with Gasteiger partial charge in [-0.15, -0.1) is 0 Å². The average molecular weight is 195 g/mol. The summed E-state index contributed by atoms with van der Waals surface area (Å²) in [6.45, 7) is 3.74. The molecule has 1 aromatic heterocycles. The van der Waals surface area contributed by atoms with Gasteiger partial charge in [0.15, 0.2) is 0 Å². The largest absolute Gasteiger partial charge is 0.390 e. The maximum absolute atomic E-state index is 9.51. The quantitative estimate of drug-likeness (QED) is 0.717. The first-order chi connectivity index (χ1) is 6.47.